The molecule has 5 rings (SSSR count). The molecule has 1 N–H and O–H groups in total. The Balaban J connectivity index is 1.35. The molecule has 0 unspecified atom stereocenters. The van der Waals surface area contributed by atoms with E-state index in [1.165, 1.54) is 4.70 Å². The summed E-state index contributed by atoms with van der Waals surface area (Å²) >= 11 is 1.72. The molecule has 1 aromatic carbocycles. The Morgan fingerprint density at radius 3 is 2.88 bits per heavy atom. The maximum Gasteiger partial charge on any atom is 0.239 e. The number of amides is 1. The highest BCUT2D eigenvalue weighted by Crippen LogP contribution is 2.35. The fourth-order valence-corrected chi connectivity index (χ4v) is 6.34. The summed E-state index contributed by atoms with van der Waals surface area (Å²) in [6, 6.07) is 10.7. The fourth-order valence-electron chi connectivity index (χ4n) is 5.20. The van der Waals surface area contributed by atoms with Crippen LogP contribution in [-0.2, 0) is 16.1 Å². The molecule has 4 heterocycles. The Kier molecular flexibility index (Phi) is 6.68. The summed E-state index contributed by atoms with van der Waals surface area (Å²) in [6.45, 7) is 6.54. The van der Waals surface area contributed by atoms with E-state index in [0.717, 1.165) is 67.0 Å². The second kappa shape index (κ2) is 9.87. The number of aromatic nitrogens is 2. The van der Waals surface area contributed by atoms with E-state index in [0.29, 0.717) is 17.9 Å². The van der Waals surface area contributed by atoms with Gasteiger partial charge in [0.15, 0.2) is 0 Å². The molecule has 0 saturated carbocycles. The van der Waals surface area contributed by atoms with Crippen LogP contribution in [0.25, 0.3) is 10.2 Å². The summed E-state index contributed by atoms with van der Waals surface area (Å²) in [4.78, 5) is 20.4. The number of piperidine rings is 1. The van der Waals surface area contributed by atoms with Crippen molar-refractivity contribution in [1.82, 2.24) is 14.5 Å². The van der Waals surface area contributed by atoms with Gasteiger partial charge in [-0.25, -0.2) is 4.98 Å². The lowest BCUT2D eigenvalue weighted by Crippen LogP contribution is -2.39. The van der Waals surface area contributed by atoms with Crippen molar-refractivity contribution in [2.24, 2.45) is 0 Å². The molecular formula is C26H31N5O2S. The number of fused-ring (bicyclic) bond motifs is 1. The second-order valence-corrected chi connectivity index (χ2v) is 10.4. The third-order valence-electron chi connectivity index (χ3n) is 7.16. The summed E-state index contributed by atoms with van der Waals surface area (Å²) in [7, 11) is 0. The number of thiazole rings is 1. The monoisotopic (exact) mass is 477 g/mol. The molecule has 2 atom stereocenters. The number of nitriles is 1. The topological polar surface area (TPSA) is 83.2 Å². The van der Waals surface area contributed by atoms with Crippen molar-refractivity contribution in [3.63, 3.8) is 0 Å². The SMILES string of the molecule is Cc1c(C#N)c(NC(=O)CN2CCCC[C@H]2c2nc3ccccc3s2)n(C[C@H]2CCCO2)c1C. The summed E-state index contributed by atoms with van der Waals surface area (Å²) in [5.41, 5.74) is 3.49. The Labute approximate surface area is 204 Å². The van der Waals surface area contributed by atoms with Crippen LogP contribution in [0.1, 0.15) is 60.0 Å². The van der Waals surface area contributed by atoms with Crippen molar-refractivity contribution >= 4 is 33.3 Å². The minimum atomic E-state index is -0.0874. The van der Waals surface area contributed by atoms with Crippen molar-refractivity contribution in [3.05, 3.63) is 46.1 Å². The Morgan fingerprint density at radius 1 is 1.26 bits per heavy atom. The van der Waals surface area contributed by atoms with Crippen LogP contribution in [0.15, 0.2) is 24.3 Å². The molecule has 0 radical (unpaired) electrons. The lowest BCUT2D eigenvalue weighted by molar-refractivity contribution is -0.118. The van der Waals surface area contributed by atoms with Gasteiger partial charge in [0.25, 0.3) is 0 Å². The number of anilines is 1. The zero-order valence-corrected chi connectivity index (χ0v) is 20.7. The molecule has 2 aromatic heterocycles. The van der Waals surface area contributed by atoms with Crippen LogP contribution in [0.4, 0.5) is 5.82 Å². The first kappa shape index (κ1) is 23.0. The van der Waals surface area contributed by atoms with Crippen LogP contribution in [0.3, 0.4) is 0 Å². The highest BCUT2D eigenvalue weighted by Gasteiger charge is 2.29. The first-order valence-electron chi connectivity index (χ1n) is 12.2. The molecule has 8 heteroatoms. The normalized spacial score (nSPS) is 21.1. The molecule has 2 fully saturated rings. The average molecular weight is 478 g/mol. The largest absolute Gasteiger partial charge is 0.376 e. The van der Waals surface area contributed by atoms with Crippen LogP contribution >= 0.6 is 11.3 Å². The number of rotatable bonds is 6. The minimum absolute atomic E-state index is 0.0874. The van der Waals surface area contributed by atoms with Crippen molar-refractivity contribution in [1.29, 1.82) is 5.26 Å². The van der Waals surface area contributed by atoms with Gasteiger partial charge in [0.2, 0.25) is 5.91 Å². The van der Waals surface area contributed by atoms with Crippen LogP contribution in [0, 0.1) is 25.2 Å². The van der Waals surface area contributed by atoms with E-state index >= 15 is 0 Å². The lowest BCUT2D eigenvalue weighted by Gasteiger charge is -2.33. The van der Waals surface area contributed by atoms with E-state index in [1.807, 2.05) is 32.0 Å². The quantitative estimate of drug-likeness (QED) is 0.544. The minimum Gasteiger partial charge on any atom is -0.376 e. The zero-order valence-electron chi connectivity index (χ0n) is 19.8. The van der Waals surface area contributed by atoms with Crippen molar-refractivity contribution < 1.29 is 9.53 Å². The number of para-hydroxylation sites is 1. The van der Waals surface area contributed by atoms with Crippen LogP contribution in [-0.4, -0.2) is 46.2 Å². The average Bonchev–Trinajstić information content (AvgIpc) is 3.56. The van der Waals surface area contributed by atoms with E-state index in [-0.39, 0.29) is 24.6 Å². The van der Waals surface area contributed by atoms with Crippen LogP contribution < -0.4 is 5.32 Å². The molecular weight excluding hydrogens is 446 g/mol. The molecule has 0 bridgehead atoms. The molecule has 2 aliphatic rings. The number of carbonyl (C=O) groups is 1. The summed E-state index contributed by atoms with van der Waals surface area (Å²) in [5.74, 6) is 0.516. The maximum absolute atomic E-state index is 13.3. The zero-order chi connectivity index (χ0) is 23.7. The maximum atomic E-state index is 13.3. The van der Waals surface area contributed by atoms with Gasteiger partial charge in [0, 0.05) is 12.3 Å². The summed E-state index contributed by atoms with van der Waals surface area (Å²) < 4.78 is 9.08. The van der Waals surface area contributed by atoms with Gasteiger partial charge >= 0.3 is 0 Å². The third kappa shape index (κ3) is 4.48. The lowest BCUT2D eigenvalue weighted by atomic mass is 10.0. The van der Waals surface area contributed by atoms with E-state index in [1.54, 1.807) is 11.3 Å². The molecule has 0 aliphatic carbocycles. The number of hydrogen-bond donors (Lipinski definition) is 1. The third-order valence-corrected chi connectivity index (χ3v) is 8.30. The first-order chi connectivity index (χ1) is 16.5. The van der Waals surface area contributed by atoms with Gasteiger partial charge in [-0.15, -0.1) is 11.3 Å². The van der Waals surface area contributed by atoms with E-state index in [2.05, 4.69) is 26.9 Å². The molecule has 2 saturated heterocycles. The number of nitrogens with one attached hydrogen (secondary N) is 1. The smallest absolute Gasteiger partial charge is 0.239 e. The molecule has 0 spiro atoms. The number of nitrogens with zero attached hydrogens (tertiary/aromatic N) is 4. The Bertz CT molecular complexity index is 1200. The van der Waals surface area contributed by atoms with Gasteiger partial charge < -0.3 is 14.6 Å². The molecule has 2 aliphatic heterocycles. The van der Waals surface area contributed by atoms with Crippen molar-refractivity contribution in [3.8, 4) is 6.07 Å². The number of hydrogen-bond acceptors (Lipinski definition) is 6. The number of likely N-dealkylation sites (tertiary alicyclic amines) is 1. The fraction of sp³-hybridized carbons (Fsp3) is 0.500. The molecule has 7 nitrogen and oxygen atoms in total. The molecule has 3 aromatic rings. The standard InChI is InChI=1S/C26H31N5O2S/c1-17-18(2)31(15-19-8-7-13-33-19)25(20(17)14-27)29-24(32)16-30-12-6-5-10-22(30)26-28-21-9-3-4-11-23(21)34-26/h3-4,9,11,19,22H,5-8,10,12-13,15-16H2,1-2H3,(H,29,32)/t19-,22+/m1/s1. The number of ether oxygens (including phenoxy) is 1. The first-order valence-corrected chi connectivity index (χ1v) is 13.0. The number of carbonyl (C=O) groups excluding carboxylic acids is 1. The van der Waals surface area contributed by atoms with Crippen molar-refractivity contribution in [2.45, 2.75) is 64.6 Å². The van der Waals surface area contributed by atoms with Crippen LogP contribution in [0.2, 0.25) is 0 Å². The predicted octanol–water partition coefficient (Wildman–Crippen LogP) is 4.93. The van der Waals surface area contributed by atoms with Crippen molar-refractivity contribution in [2.75, 3.05) is 25.0 Å². The molecule has 178 valence electrons. The predicted molar refractivity (Wildman–Crippen MR) is 134 cm³/mol. The second-order valence-electron chi connectivity index (χ2n) is 9.34. The Morgan fingerprint density at radius 2 is 2.12 bits per heavy atom. The van der Waals surface area contributed by atoms with Gasteiger partial charge in [-0.2, -0.15) is 5.26 Å². The Hall–Kier alpha value is -2.73. The summed E-state index contributed by atoms with van der Waals surface area (Å²) in [5, 5.41) is 14.0. The molecule has 1 amide bonds. The van der Waals surface area contributed by atoms with Gasteiger partial charge in [-0.05, 0) is 63.8 Å². The van der Waals surface area contributed by atoms with Gasteiger partial charge in [0.1, 0.15) is 16.9 Å². The van der Waals surface area contributed by atoms with Crippen LogP contribution in [0.5, 0.6) is 0 Å². The summed E-state index contributed by atoms with van der Waals surface area (Å²) in [6.07, 6.45) is 5.40. The van der Waals surface area contributed by atoms with Gasteiger partial charge in [-0.1, -0.05) is 18.6 Å². The highest BCUT2D eigenvalue weighted by molar-refractivity contribution is 7.18. The van der Waals surface area contributed by atoms with E-state index in [4.69, 9.17) is 9.72 Å². The van der Waals surface area contributed by atoms with E-state index < -0.39 is 0 Å². The highest BCUT2D eigenvalue weighted by atomic mass is 32.1. The van der Waals surface area contributed by atoms with Gasteiger partial charge in [-0.3, -0.25) is 9.69 Å². The van der Waals surface area contributed by atoms with Gasteiger partial charge in [0.05, 0.1) is 41.0 Å². The number of benzene rings is 1. The van der Waals surface area contributed by atoms with E-state index in [9.17, 15) is 10.1 Å². The molecule has 34 heavy (non-hydrogen) atoms.